The molecule has 0 saturated heterocycles. The molecule has 0 amide bonds. The highest BCUT2D eigenvalue weighted by Gasteiger charge is 2.07. The number of hydrogen-bond donors (Lipinski definition) is 1. The summed E-state index contributed by atoms with van der Waals surface area (Å²) in [5.74, 6) is 0.442. The minimum absolute atomic E-state index is 0.274. The van der Waals surface area contributed by atoms with Gasteiger partial charge in [0.05, 0.1) is 5.69 Å². The Labute approximate surface area is 106 Å². The van der Waals surface area contributed by atoms with Crippen molar-refractivity contribution in [3.63, 3.8) is 0 Å². The van der Waals surface area contributed by atoms with Gasteiger partial charge in [-0.2, -0.15) is 0 Å². The van der Waals surface area contributed by atoms with Crippen molar-refractivity contribution in [2.24, 2.45) is 0 Å². The van der Waals surface area contributed by atoms with Crippen molar-refractivity contribution < 1.29 is 4.39 Å². The summed E-state index contributed by atoms with van der Waals surface area (Å²) in [7, 11) is 0. The maximum Gasteiger partial charge on any atom is 0.148 e. The van der Waals surface area contributed by atoms with Crippen LogP contribution < -0.4 is 5.32 Å². The van der Waals surface area contributed by atoms with Crippen LogP contribution in [0.5, 0.6) is 0 Å². The fraction of sp³-hybridized carbons (Fsp3) is 0.286. The van der Waals surface area contributed by atoms with E-state index in [1.807, 2.05) is 13.0 Å². The molecular formula is C14H16FN3. The lowest BCUT2D eigenvalue weighted by Gasteiger charge is -2.05. The first kappa shape index (κ1) is 12.5. The molecule has 1 aromatic carbocycles. The number of benzene rings is 1. The highest BCUT2D eigenvalue weighted by Crippen LogP contribution is 2.22. The zero-order chi connectivity index (χ0) is 13.0. The molecule has 0 unspecified atom stereocenters. The molecule has 2 aromatic rings. The van der Waals surface area contributed by atoms with Gasteiger partial charge in [-0.15, -0.1) is 10.2 Å². The summed E-state index contributed by atoms with van der Waals surface area (Å²) in [6.45, 7) is 4.86. The predicted molar refractivity (Wildman–Crippen MR) is 70.9 cm³/mol. The lowest BCUT2D eigenvalue weighted by Crippen LogP contribution is -2.03. The average molecular weight is 245 g/mol. The largest absolute Gasteiger partial charge is 0.369 e. The number of hydrogen-bond acceptors (Lipinski definition) is 3. The molecule has 0 atom stereocenters. The zero-order valence-corrected chi connectivity index (χ0v) is 10.6. The van der Waals surface area contributed by atoms with E-state index in [0.29, 0.717) is 17.1 Å². The van der Waals surface area contributed by atoms with E-state index in [0.717, 1.165) is 18.5 Å². The molecule has 1 heterocycles. The van der Waals surface area contributed by atoms with Crippen LogP contribution in [0.1, 0.15) is 18.9 Å². The number of nitrogens with zero attached hydrogens (tertiary/aromatic N) is 2. The van der Waals surface area contributed by atoms with E-state index in [1.165, 1.54) is 6.07 Å². The number of rotatable bonds is 4. The molecule has 18 heavy (non-hydrogen) atoms. The third kappa shape index (κ3) is 2.83. The molecule has 0 spiro atoms. The minimum Gasteiger partial charge on any atom is -0.369 e. The van der Waals surface area contributed by atoms with Crippen LogP contribution in [-0.4, -0.2) is 16.7 Å². The average Bonchev–Trinajstić information content (AvgIpc) is 2.40. The first-order valence-electron chi connectivity index (χ1n) is 6.05. The molecule has 0 radical (unpaired) electrons. The third-order valence-corrected chi connectivity index (χ3v) is 2.62. The molecule has 0 saturated carbocycles. The first-order valence-corrected chi connectivity index (χ1v) is 6.05. The Hall–Kier alpha value is -1.97. The number of aromatic nitrogens is 2. The Morgan fingerprint density at radius 2 is 2.00 bits per heavy atom. The Kier molecular flexibility index (Phi) is 3.87. The summed E-state index contributed by atoms with van der Waals surface area (Å²) in [5, 5.41) is 11.2. The summed E-state index contributed by atoms with van der Waals surface area (Å²) in [5.41, 5.74) is 2.05. The highest BCUT2D eigenvalue weighted by molar-refractivity contribution is 5.61. The lowest BCUT2D eigenvalue weighted by atomic mass is 10.1. The standard InChI is InChI=1S/C14H16FN3/c1-3-8-16-14-7-6-13(17-18-14)11-9-10(2)4-5-12(11)15/h4-7,9H,3,8H2,1-2H3,(H,16,18). The van der Waals surface area contributed by atoms with Crippen LogP contribution in [0.4, 0.5) is 10.2 Å². The van der Waals surface area contributed by atoms with Crippen molar-refractivity contribution in [3.8, 4) is 11.3 Å². The van der Waals surface area contributed by atoms with Crippen LogP contribution in [0.25, 0.3) is 11.3 Å². The van der Waals surface area contributed by atoms with Crippen LogP contribution in [0.15, 0.2) is 30.3 Å². The molecule has 2 rings (SSSR count). The molecule has 1 N–H and O–H groups in total. The van der Waals surface area contributed by atoms with Gasteiger partial charge in [-0.1, -0.05) is 18.6 Å². The number of halogens is 1. The van der Waals surface area contributed by atoms with Gasteiger partial charge in [-0.25, -0.2) is 4.39 Å². The molecule has 0 bridgehead atoms. The third-order valence-electron chi connectivity index (χ3n) is 2.62. The van der Waals surface area contributed by atoms with Crippen molar-refractivity contribution in [3.05, 3.63) is 41.7 Å². The molecule has 4 heteroatoms. The van der Waals surface area contributed by atoms with Crippen LogP contribution in [0, 0.1) is 12.7 Å². The second-order valence-corrected chi connectivity index (χ2v) is 4.21. The number of anilines is 1. The van der Waals surface area contributed by atoms with E-state index in [4.69, 9.17) is 0 Å². The molecule has 1 aromatic heterocycles. The van der Waals surface area contributed by atoms with Gasteiger partial charge in [0.1, 0.15) is 11.6 Å². The summed E-state index contributed by atoms with van der Waals surface area (Å²) >= 11 is 0. The summed E-state index contributed by atoms with van der Waals surface area (Å²) < 4.78 is 13.7. The Morgan fingerprint density at radius 3 is 2.67 bits per heavy atom. The van der Waals surface area contributed by atoms with Gasteiger partial charge < -0.3 is 5.32 Å². The lowest BCUT2D eigenvalue weighted by molar-refractivity contribution is 0.630. The quantitative estimate of drug-likeness (QED) is 0.897. The van der Waals surface area contributed by atoms with Crippen molar-refractivity contribution in [2.45, 2.75) is 20.3 Å². The van der Waals surface area contributed by atoms with E-state index in [-0.39, 0.29) is 5.82 Å². The summed E-state index contributed by atoms with van der Waals surface area (Å²) in [4.78, 5) is 0. The van der Waals surface area contributed by atoms with Crippen LogP contribution in [-0.2, 0) is 0 Å². The Morgan fingerprint density at radius 1 is 1.17 bits per heavy atom. The smallest absolute Gasteiger partial charge is 0.148 e. The summed E-state index contributed by atoms with van der Waals surface area (Å²) in [6, 6.07) is 8.57. The van der Waals surface area contributed by atoms with Gasteiger partial charge in [-0.3, -0.25) is 0 Å². The molecule has 3 nitrogen and oxygen atoms in total. The number of nitrogens with one attached hydrogen (secondary N) is 1. The fourth-order valence-electron chi connectivity index (χ4n) is 1.66. The fourth-order valence-corrected chi connectivity index (χ4v) is 1.66. The predicted octanol–water partition coefficient (Wildman–Crippen LogP) is 3.41. The van der Waals surface area contributed by atoms with Gasteiger partial charge >= 0.3 is 0 Å². The van der Waals surface area contributed by atoms with Crippen molar-refractivity contribution in [1.82, 2.24) is 10.2 Å². The molecule has 0 aliphatic rings. The van der Waals surface area contributed by atoms with Gasteiger partial charge in [0.2, 0.25) is 0 Å². The molecular weight excluding hydrogens is 229 g/mol. The van der Waals surface area contributed by atoms with Crippen LogP contribution >= 0.6 is 0 Å². The van der Waals surface area contributed by atoms with Crippen LogP contribution in [0.3, 0.4) is 0 Å². The molecule has 0 aliphatic carbocycles. The second kappa shape index (κ2) is 5.58. The minimum atomic E-state index is -0.274. The van der Waals surface area contributed by atoms with Crippen molar-refractivity contribution in [2.75, 3.05) is 11.9 Å². The summed E-state index contributed by atoms with van der Waals surface area (Å²) in [6.07, 6.45) is 1.02. The maximum atomic E-state index is 13.7. The van der Waals surface area contributed by atoms with Crippen molar-refractivity contribution >= 4 is 5.82 Å². The van der Waals surface area contributed by atoms with Gasteiger partial charge in [0, 0.05) is 12.1 Å². The Bertz CT molecular complexity index is 523. The first-order chi connectivity index (χ1) is 8.70. The molecule has 0 fully saturated rings. The monoisotopic (exact) mass is 245 g/mol. The normalized spacial score (nSPS) is 10.4. The van der Waals surface area contributed by atoms with Gasteiger partial charge in [0.15, 0.2) is 0 Å². The van der Waals surface area contributed by atoms with E-state index < -0.39 is 0 Å². The Balaban J connectivity index is 2.25. The van der Waals surface area contributed by atoms with E-state index in [2.05, 4.69) is 22.4 Å². The van der Waals surface area contributed by atoms with Gasteiger partial charge in [-0.05, 0) is 37.6 Å². The van der Waals surface area contributed by atoms with Crippen LogP contribution in [0.2, 0.25) is 0 Å². The maximum absolute atomic E-state index is 13.7. The van der Waals surface area contributed by atoms with E-state index in [1.54, 1.807) is 18.2 Å². The SMILES string of the molecule is CCCNc1ccc(-c2cc(C)ccc2F)nn1. The van der Waals surface area contributed by atoms with E-state index >= 15 is 0 Å². The van der Waals surface area contributed by atoms with E-state index in [9.17, 15) is 4.39 Å². The number of aryl methyl sites for hydroxylation is 1. The molecule has 94 valence electrons. The van der Waals surface area contributed by atoms with Gasteiger partial charge in [0.25, 0.3) is 0 Å². The second-order valence-electron chi connectivity index (χ2n) is 4.21. The van der Waals surface area contributed by atoms with Crippen molar-refractivity contribution in [1.29, 1.82) is 0 Å². The topological polar surface area (TPSA) is 37.8 Å². The zero-order valence-electron chi connectivity index (χ0n) is 10.6. The highest BCUT2D eigenvalue weighted by atomic mass is 19.1. The molecule has 0 aliphatic heterocycles.